The zero-order valence-electron chi connectivity index (χ0n) is 9.97. The smallest absolute Gasteiger partial charge is 0.0715 e. The van der Waals surface area contributed by atoms with Gasteiger partial charge in [0.15, 0.2) is 0 Å². The average Bonchev–Trinajstić information content (AvgIpc) is 2.63. The van der Waals surface area contributed by atoms with Gasteiger partial charge in [-0.25, -0.2) is 0 Å². The Hall–Kier alpha value is -0.0800. The third-order valence-corrected chi connectivity index (χ3v) is 4.91. The van der Waals surface area contributed by atoms with Crippen molar-refractivity contribution in [2.45, 2.75) is 63.9 Å². The molecule has 15 heavy (non-hydrogen) atoms. The van der Waals surface area contributed by atoms with E-state index in [1.165, 1.54) is 25.7 Å². The Bertz CT molecular complexity index is 223. The zero-order valence-corrected chi connectivity index (χ0v) is 9.97. The van der Waals surface area contributed by atoms with Crippen LogP contribution in [0.3, 0.4) is 0 Å². The molecular formula is C13H25NO. The fourth-order valence-corrected chi connectivity index (χ4v) is 3.86. The summed E-state index contributed by atoms with van der Waals surface area (Å²) < 4.78 is 0. The molecule has 2 nitrogen and oxygen atoms in total. The highest BCUT2D eigenvalue weighted by Gasteiger charge is 2.52. The Morgan fingerprint density at radius 3 is 2.33 bits per heavy atom. The molecule has 0 amide bonds. The molecule has 88 valence electrons. The SMILES string of the molecule is CC1CCC(CN)(C2(O)CCCCC2)C1. The van der Waals surface area contributed by atoms with Crippen molar-refractivity contribution in [1.29, 1.82) is 0 Å². The number of aliphatic hydroxyl groups is 1. The third-order valence-electron chi connectivity index (χ3n) is 4.91. The van der Waals surface area contributed by atoms with E-state index < -0.39 is 5.60 Å². The molecule has 0 spiro atoms. The van der Waals surface area contributed by atoms with Gasteiger partial charge in [0.25, 0.3) is 0 Å². The van der Waals surface area contributed by atoms with Crippen molar-refractivity contribution < 1.29 is 5.11 Å². The van der Waals surface area contributed by atoms with E-state index in [1.807, 2.05) is 0 Å². The number of nitrogens with two attached hydrogens (primary N) is 1. The van der Waals surface area contributed by atoms with Crippen LogP contribution >= 0.6 is 0 Å². The molecule has 0 aliphatic heterocycles. The molecule has 2 rings (SSSR count). The Labute approximate surface area is 93.2 Å². The van der Waals surface area contributed by atoms with Gasteiger partial charge in [-0.3, -0.25) is 0 Å². The summed E-state index contributed by atoms with van der Waals surface area (Å²) in [6.45, 7) is 2.97. The van der Waals surface area contributed by atoms with E-state index >= 15 is 0 Å². The van der Waals surface area contributed by atoms with Crippen molar-refractivity contribution >= 4 is 0 Å². The van der Waals surface area contributed by atoms with Crippen molar-refractivity contribution in [1.82, 2.24) is 0 Å². The molecule has 0 radical (unpaired) electrons. The number of rotatable bonds is 2. The van der Waals surface area contributed by atoms with Gasteiger partial charge in [-0.2, -0.15) is 0 Å². The summed E-state index contributed by atoms with van der Waals surface area (Å²) in [5.74, 6) is 0.750. The van der Waals surface area contributed by atoms with Gasteiger partial charge in [0, 0.05) is 12.0 Å². The number of hydrogen-bond donors (Lipinski definition) is 2. The van der Waals surface area contributed by atoms with Crippen LogP contribution < -0.4 is 5.73 Å². The molecule has 2 heteroatoms. The van der Waals surface area contributed by atoms with Crippen molar-refractivity contribution in [3.05, 3.63) is 0 Å². The Balaban J connectivity index is 2.17. The highest BCUT2D eigenvalue weighted by molar-refractivity contribution is 5.04. The molecule has 0 heterocycles. The summed E-state index contributed by atoms with van der Waals surface area (Å²) in [4.78, 5) is 0. The summed E-state index contributed by atoms with van der Waals surface area (Å²) in [5.41, 5.74) is 5.60. The van der Waals surface area contributed by atoms with Crippen LogP contribution in [0.25, 0.3) is 0 Å². The van der Waals surface area contributed by atoms with E-state index in [4.69, 9.17) is 5.73 Å². The summed E-state index contributed by atoms with van der Waals surface area (Å²) in [7, 11) is 0. The standard InChI is InChI=1S/C13H25NO/c1-11-5-8-12(9-11,10-14)13(15)6-3-2-4-7-13/h11,15H,2-10,14H2,1H3. The van der Waals surface area contributed by atoms with Crippen molar-refractivity contribution in [3.63, 3.8) is 0 Å². The van der Waals surface area contributed by atoms with Crippen molar-refractivity contribution in [2.75, 3.05) is 6.54 Å². The first-order valence-corrected chi connectivity index (χ1v) is 6.54. The fraction of sp³-hybridized carbons (Fsp3) is 1.00. The van der Waals surface area contributed by atoms with E-state index in [0.29, 0.717) is 6.54 Å². The van der Waals surface area contributed by atoms with Crippen LogP contribution in [0.2, 0.25) is 0 Å². The molecule has 2 atom stereocenters. The van der Waals surface area contributed by atoms with Crippen LogP contribution in [0.4, 0.5) is 0 Å². The molecule has 0 aromatic carbocycles. The Morgan fingerprint density at radius 1 is 1.20 bits per heavy atom. The second-order valence-electron chi connectivity index (χ2n) is 5.92. The van der Waals surface area contributed by atoms with Crippen LogP contribution in [0.15, 0.2) is 0 Å². The van der Waals surface area contributed by atoms with Gasteiger partial charge < -0.3 is 10.8 Å². The molecule has 3 N–H and O–H groups in total. The highest BCUT2D eigenvalue weighted by Crippen LogP contribution is 2.53. The van der Waals surface area contributed by atoms with Gasteiger partial charge in [0.1, 0.15) is 0 Å². The minimum Gasteiger partial charge on any atom is -0.389 e. The molecule has 2 fully saturated rings. The third kappa shape index (κ3) is 1.83. The molecule has 0 aromatic heterocycles. The molecule has 0 saturated heterocycles. The normalized spacial score (nSPS) is 40.6. The van der Waals surface area contributed by atoms with Gasteiger partial charge in [-0.05, 0) is 31.6 Å². The highest BCUT2D eigenvalue weighted by atomic mass is 16.3. The van der Waals surface area contributed by atoms with Crippen LogP contribution in [0, 0.1) is 11.3 Å². The quantitative estimate of drug-likeness (QED) is 0.737. The van der Waals surface area contributed by atoms with E-state index in [-0.39, 0.29) is 5.41 Å². The molecular weight excluding hydrogens is 186 g/mol. The topological polar surface area (TPSA) is 46.2 Å². The lowest BCUT2D eigenvalue weighted by molar-refractivity contribution is -0.104. The maximum atomic E-state index is 10.9. The van der Waals surface area contributed by atoms with Crippen LogP contribution in [0.5, 0.6) is 0 Å². The molecule has 0 aromatic rings. The number of hydrogen-bond acceptors (Lipinski definition) is 2. The first-order valence-electron chi connectivity index (χ1n) is 6.54. The van der Waals surface area contributed by atoms with Gasteiger partial charge in [-0.15, -0.1) is 0 Å². The second-order valence-corrected chi connectivity index (χ2v) is 5.92. The van der Waals surface area contributed by atoms with Crippen molar-refractivity contribution in [3.8, 4) is 0 Å². The van der Waals surface area contributed by atoms with Crippen LogP contribution in [-0.4, -0.2) is 17.3 Å². The Kier molecular flexibility index (Phi) is 3.09. The average molecular weight is 211 g/mol. The molecule has 2 saturated carbocycles. The predicted octanol–water partition coefficient (Wildman–Crippen LogP) is 2.45. The van der Waals surface area contributed by atoms with E-state index in [1.54, 1.807) is 0 Å². The molecule has 2 aliphatic carbocycles. The maximum Gasteiger partial charge on any atom is 0.0715 e. The van der Waals surface area contributed by atoms with Crippen LogP contribution in [-0.2, 0) is 0 Å². The molecule has 0 bridgehead atoms. The molecule has 2 aliphatic rings. The summed E-state index contributed by atoms with van der Waals surface area (Å²) in [5, 5.41) is 10.9. The first-order chi connectivity index (χ1) is 7.12. The Morgan fingerprint density at radius 2 is 1.87 bits per heavy atom. The monoisotopic (exact) mass is 211 g/mol. The lowest BCUT2D eigenvalue weighted by Crippen LogP contribution is -2.52. The lowest BCUT2D eigenvalue weighted by Gasteiger charge is -2.47. The maximum absolute atomic E-state index is 10.9. The first kappa shape index (κ1) is 11.4. The minimum absolute atomic E-state index is 0.0484. The van der Waals surface area contributed by atoms with Gasteiger partial charge in [-0.1, -0.05) is 32.6 Å². The largest absolute Gasteiger partial charge is 0.389 e. The van der Waals surface area contributed by atoms with E-state index in [2.05, 4.69) is 6.92 Å². The van der Waals surface area contributed by atoms with Gasteiger partial charge in [0.2, 0.25) is 0 Å². The van der Waals surface area contributed by atoms with E-state index in [9.17, 15) is 5.11 Å². The van der Waals surface area contributed by atoms with Crippen molar-refractivity contribution in [2.24, 2.45) is 17.1 Å². The molecule has 2 unspecified atom stereocenters. The summed E-state index contributed by atoms with van der Waals surface area (Å²) in [6, 6.07) is 0. The van der Waals surface area contributed by atoms with Gasteiger partial charge >= 0.3 is 0 Å². The summed E-state index contributed by atoms with van der Waals surface area (Å²) in [6.07, 6.45) is 9.16. The van der Waals surface area contributed by atoms with Gasteiger partial charge in [0.05, 0.1) is 5.60 Å². The predicted molar refractivity (Wildman–Crippen MR) is 62.5 cm³/mol. The lowest BCUT2D eigenvalue weighted by atomic mass is 9.63. The fourth-order valence-electron chi connectivity index (χ4n) is 3.86. The summed E-state index contributed by atoms with van der Waals surface area (Å²) >= 11 is 0. The second kappa shape index (κ2) is 4.06. The van der Waals surface area contributed by atoms with Crippen LogP contribution in [0.1, 0.15) is 58.3 Å². The van der Waals surface area contributed by atoms with E-state index in [0.717, 1.165) is 31.6 Å². The zero-order chi connectivity index (χ0) is 10.9. The minimum atomic E-state index is -0.440.